The molecule has 2 unspecified atom stereocenters. The van der Waals surface area contributed by atoms with Gasteiger partial charge >= 0.3 is 0 Å². The van der Waals surface area contributed by atoms with Crippen LogP contribution in [0.1, 0.15) is 24.8 Å². The number of rotatable bonds is 4. The van der Waals surface area contributed by atoms with Crippen LogP contribution in [-0.4, -0.2) is 18.3 Å². The van der Waals surface area contributed by atoms with Gasteiger partial charge in [-0.1, -0.05) is 18.6 Å². The quantitative estimate of drug-likeness (QED) is 0.701. The van der Waals surface area contributed by atoms with Crippen LogP contribution in [-0.2, 0) is 0 Å². The van der Waals surface area contributed by atoms with E-state index >= 15 is 0 Å². The third-order valence-corrected chi connectivity index (χ3v) is 3.93. The summed E-state index contributed by atoms with van der Waals surface area (Å²) in [5.41, 5.74) is 8.99. The van der Waals surface area contributed by atoms with E-state index in [0.717, 1.165) is 29.9 Å². The Bertz CT molecular complexity index is 378. The van der Waals surface area contributed by atoms with Crippen molar-refractivity contribution in [1.82, 2.24) is 0 Å². The number of para-hydroxylation sites is 1. The molecule has 0 heterocycles. The van der Waals surface area contributed by atoms with E-state index in [-0.39, 0.29) is 0 Å². The van der Waals surface area contributed by atoms with E-state index in [9.17, 15) is 5.11 Å². The molecular weight excluding hydrogens is 212 g/mol. The summed E-state index contributed by atoms with van der Waals surface area (Å²) in [5.74, 6) is 1.05. The summed E-state index contributed by atoms with van der Waals surface area (Å²) in [6.45, 7) is 3.25. The number of nitrogens with two attached hydrogens (primary N) is 1. The van der Waals surface area contributed by atoms with E-state index in [1.54, 1.807) is 0 Å². The van der Waals surface area contributed by atoms with Crippen molar-refractivity contribution >= 4 is 11.4 Å². The predicted molar refractivity (Wildman–Crippen MR) is 72.0 cm³/mol. The highest BCUT2D eigenvalue weighted by atomic mass is 16.3. The molecule has 17 heavy (non-hydrogen) atoms. The first-order valence-electron chi connectivity index (χ1n) is 6.42. The lowest BCUT2D eigenvalue weighted by molar-refractivity contribution is 0.199. The molecule has 0 amide bonds. The van der Waals surface area contributed by atoms with Gasteiger partial charge in [-0.2, -0.15) is 0 Å². The highest BCUT2D eigenvalue weighted by Gasteiger charge is 2.26. The fourth-order valence-electron chi connectivity index (χ4n) is 2.70. The summed E-state index contributed by atoms with van der Waals surface area (Å²) >= 11 is 0. The van der Waals surface area contributed by atoms with Crippen LogP contribution in [0.25, 0.3) is 0 Å². The first kappa shape index (κ1) is 12.2. The molecule has 4 N–H and O–H groups in total. The lowest BCUT2D eigenvalue weighted by atomic mass is 9.97. The molecule has 3 nitrogen and oxygen atoms in total. The first-order chi connectivity index (χ1) is 8.22. The number of nitrogens with one attached hydrogen (secondary N) is 1. The number of hydrogen-bond acceptors (Lipinski definition) is 3. The van der Waals surface area contributed by atoms with Crippen LogP contribution in [0.5, 0.6) is 0 Å². The van der Waals surface area contributed by atoms with Crippen molar-refractivity contribution in [3.05, 3.63) is 23.8 Å². The Labute approximate surface area is 103 Å². The topological polar surface area (TPSA) is 58.3 Å². The molecule has 0 saturated heterocycles. The number of hydrogen-bond donors (Lipinski definition) is 3. The molecule has 1 aromatic rings. The zero-order valence-electron chi connectivity index (χ0n) is 10.4. The fourth-order valence-corrected chi connectivity index (χ4v) is 2.70. The van der Waals surface area contributed by atoms with Gasteiger partial charge in [0.25, 0.3) is 0 Å². The summed E-state index contributed by atoms with van der Waals surface area (Å²) in [5, 5.41) is 12.7. The number of anilines is 2. The zero-order valence-corrected chi connectivity index (χ0v) is 10.4. The number of aliphatic hydroxyl groups excluding tert-OH is 1. The Hall–Kier alpha value is -1.22. The van der Waals surface area contributed by atoms with Gasteiger partial charge in [0.15, 0.2) is 0 Å². The van der Waals surface area contributed by atoms with Gasteiger partial charge in [0, 0.05) is 13.2 Å². The second-order valence-corrected chi connectivity index (χ2v) is 5.05. The van der Waals surface area contributed by atoms with E-state index in [0.29, 0.717) is 18.4 Å². The van der Waals surface area contributed by atoms with E-state index in [2.05, 4.69) is 5.32 Å². The van der Waals surface area contributed by atoms with Crippen molar-refractivity contribution in [3.63, 3.8) is 0 Å². The Kier molecular flexibility index (Phi) is 3.89. The van der Waals surface area contributed by atoms with Crippen LogP contribution in [0.3, 0.4) is 0 Å². The van der Waals surface area contributed by atoms with Gasteiger partial charge in [-0.25, -0.2) is 0 Å². The van der Waals surface area contributed by atoms with Crippen LogP contribution < -0.4 is 11.1 Å². The van der Waals surface area contributed by atoms with Crippen molar-refractivity contribution in [3.8, 4) is 0 Å². The highest BCUT2D eigenvalue weighted by Crippen LogP contribution is 2.32. The molecule has 2 atom stereocenters. The molecule has 3 heteroatoms. The Balaban J connectivity index is 1.95. The van der Waals surface area contributed by atoms with E-state index in [1.165, 1.54) is 12.8 Å². The predicted octanol–water partition coefficient (Wildman–Crippen LogP) is 2.40. The summed E-state index contributed by atoms with van der Waals surface area (Å²) in [6.07, 6.45) is 3.61. The van der Waals surface area contributed by atoms with E-state index in [1.807, 2.05) is 25.1 Å². The summed E-state index contributed by atoms with van der Waals surface area (Å²) in [7, 11) is 0. The highest BCUT2D eigenvalue weighted by molar-refractivity contribution is 5.69. The van der Waals surface area contributed by atoms with Crippen molar-refractivity contribution in [2.24, 2.45) is 11.8 Å². The average molecular weight is 234 g/mol. The molecule has 1 fully saturated rings. The van der Waals surface area contributed by atoms with Gasteiger partial charge in [0.1, 0.15) is 0 Å². The minimum Gasteiger partial charge on any atom is -0.397 e. The fraction of sp³-hybridized carbons (Fsp3) is 0.571. The van der Waals surface area contributed by atoms with Crippen LogP contribution in [0, 0.1) is 18.8 Å². The van der Waals surface area contributed by atoms with Gasteiger partial charge in [-0.15, -0.1) is 0 Å². The monoisotopic (exact) mass is 234 g/mol. The zero-order chi connectivity index (χ0) is 12.3. The minimum atomic E-state index is 0.315. The molecule has 1 saturated carbocycles. The molecule has 94 valence electrons. The minimum absolute atomic E-state index is 0.315. The maximum atomic E-state index is 9.28. The second-order valence-electron chi connectivity index (χ2n) is 5.05. The molecule has 0 spiro atoms. The molecule has 0 aromatic heterocycles. The van der Waals surface area contributed by atoms with Crippen LogP contribution in [0.2, 0.25) is 0 Å². The summed E-state index contributed by atoms with van der Waals surface area (Å²) in [6, 6.07) is 6.06. The molecule has 0 aliphatic heterocycles. The number of nitrogen functional groups attached to an aromatic ring is 1. The van der Waals surface area contributed by atoms with Gasteiger partial charge in [-0.05, 0) is 43.2 Å². The summed E-state index contributed by atoms with van der Waals surface area (Å²) in [4.78, 5) is 0. The van der Waals surface area contributed by atoms with Crippen LogP contribution >= 0.6 is 0 Å². The third kappa shape index (κ3) is 2.72. The normalized spacial score (nSPS) is 23.9. The van der Waals surface area contributed by atoms with E-state index < -0.39 is 0 Å². The molecule has 1 aliphatic rings. The van der Waals surface area contributed by atoms with Crippen molar-refractivity contribution < 1.29 is 5.11 Å². The third-order valence-electron chi connectivity index (χ3n) is 3.93. The molecule has 0 radical (unpaired) electrons. The van der Waals surface area contributed by atoms with Gasteiger partial charge in [-0.3, -0.25) is 0 Å². The largest absolute Gasteiger partial charge is 0.397 e. The maximum absolute atomic E-state index is 9.28. The van der Waals surface area contributed by atoms with Gasteiger partial charge < -0.3 is 16.2 Å². The standard InChI is InChI=1S/C14H22N2O/c1-10-4-2-7-13(14(10)15)16-8-11-5-3-6-12(11)9-17/h2,4,7,11-12,16-17H,3,5-6,8-9,15H2,1H3. The van der Waals surface area contributed by atoms with Crippen LogP contribution in [0.15, 0.2) is 18.2 Å². The van der Waals surface area contributed by atoms with Crippen molar-refractivity contribution in [2.75, 3.05) is 24.2 Å². The Morgan fingerprint density at radius 2 is 2.12 bits per heavy atom. The first-order valence-corrected chi connectivity index (χ1v) is 6.42. The number of aryl methyl sites for hydroxylation is 1. The van der Waals surface area contributed by atoms with Gasteiger partial charge in [0.05, 0.1) is 11.4 Å². The molecule has 0 bridgehead atoms. The van der Waals surface area contributed by atoms with Crippen LogP contribution in [0.4, 0.5) is 11.4 Å². The average Bonchev–Trinajstić information content (AvgIpc) is 2.78. The lowest BCUT2D eigenvalue weighted by Crippen LogP contribution is -2.21. The van der Waals surface area contributed by atoms with E-state index in [4.69, 9.17) is 5.73 Å². The molecule has 1 aliphatic carbocycles. The van der Waals surface area contributed by atoms with Crippen molar-refractivity contribution in [1.29, 1.82) is 0 Å². The smallest absolute Gasteiger partial charge is 0.0579 e. The van der Waals surface area contributed by atoms with Gasteiger partial charge in [0.2, 0.25) is 0 Å². The van der Waals surface area contributed by atoms with Crippen molar-refractivity contribution in [2.45, 2.75) is 26.2 Å². The number of aliphatic hydroxyl groups is 1. The molecule has 2 rings (SSSR count). The summed E-state index contributed by atoms with van der Waals surface area (Å²) < 4.78 is 0. The second kappa shape index (κ2) is 5.41. The SMILES string of the molecule is Cc1cccc(NCC2CCCC2CO)c1N. The number of benzene rings is 1. The molecular formula is C14H22N2O. The maximum Gasteiger partial charge on any atom is 0.0579 e. The lowest BCUT2D eigenvalue weighted by Gasteiger charge is -2.19. The molecule has 1 aromatic carbocycles. The Morgan fingerprint density at radius 3 is 2.88 bits per heavy atom. The Morgan fingerprint density at radius 1 is 1.35 bits per heavy atom.